The summed E-state index contributed by atoms with van der Waals surface area (Å²) in [6.45, 7) is 6.37. The summed E-state index contributed by atoms with van der Waals surface area (Å²) in [4.78, 5) is 8.43. The van der Waals surface area contributed by atoms with Crippen molar-refractivity contribution in [3.05, 3.63) is 11.1 Å². The molecule has 0 saturated heterocycles. The quantitative estimate of drug-likeness (QED) is 0.537. The highest BCUT2D eigenvalue weighted by Gasteiger charge is 1.99. The van der Waals surface area contributed by atoms with Gasteiger partial charge in [-0.25, -0.2) is 0 Å². The molecule has 1 atom stereocenters. The van der Waals surface area contributed by atoms with Gasteiger partial charge in [-0.3, -0.25) is 4.57 Å². The molecule has 0 aliphatic heterocycles. The molecule has 0 radical (unpaired) electrons. The van der Waals surface area contributed by atoms with Crippen LogP contribution in [0.4, 0.5) is 0 Å². The van der Waals surface area contributed by atoms with Crippen molar-refractivity contribution in [2.75, 3.05) is 6.61 Å². The van der Waals surface area contributed by atoms with Gasteiger partial charge >= 0.3 is 8.25 Å². The molecule has 1 unspecified atom stereocenters. The molecular weight excluding hydrogens is 175 g/mol. The summed E-state index contributed by atoms with van der Waals surface area (Å²) in [6, 6.07) is 0. The number of hydrogen-bond donors (Lipinski definition) is 1. The zero-order chi connectivity index (χ0) is 9.56. The van der Waals surface area contributed by atoms with Crippen LogP contribution in [0, 0.1) is 0 Å². The Morgan fingerprint density at radius 2 is 1.92 bits per heavy atom. The fraction of sp³-hybridized carbons (Fsp3) is 0.750. The maximum atomic E-state index is 10.2. The minimum absolute atomic E-state index is 0.283. The number of hydrogen-bond acceptors (Lipinski definition) is 2. The van der Waals surface area contributed by atoms with Crippen LogP contribution in [0.2, 0.25) is 0 Å². The van der Waals surface area contributed by atoms with E-state index < -0.39 is 8.25 Å². The Morgan fingerprint density at radius 1 is 1.42 bits per heavy atom. The lowest BCUT2D eigenvalue weighted by Gasteiger charge is -2.07. The second-order valence-electron chi connectivity index (χ2n) is 2.65. The fourth-order valence-electron chi connectivity index (χ4n) is 1.13. The molecule has 0 aliphatic rings. The smallest absolute Gasteiger partial charge is 0.316 e. The predicted octanol–water partition coefficient (Wildman–Crippen LogP) is 2.52. The SMILES string of the molecule is CCC(CC)=C(C)CO[PH](=O)O. The number of rotatable bonds is 5. The molecule has 0 aromatic heterocycles. The van der Waals surface area contributed by atoms with Crippen LogP contribution in [0.5, 0.6) is 0 Å². The maximum Gasteiger partial charge on any atom is 0.316 e. The van der Waals surface area contributed by atoms with Crippen molar-refractivity contribution in [3.63, 3.8) is 0 Å². The standard InChI is InChI=1S/C8H17O3P/c1-4-8(5-2)7(3)6-11-12(9)10/h12H,4-6H2,1-3H3,(H,9,10). The lowest BCUT2D eigenvalue weighted by molar-refractivity contribution is 0.304. The molecule has 3 nitrogen and oxygen atoms in total. The van der Waals surface area contributed by atoms with Crippen LogP contribution in [0.15, 0.2) is 11.1 Å². The second kappa shape index (κ2) is 6.41. The third kappa shape index (κ3) is 4.70. The Morgan fingerprint density at radius 3 is 2.25 bits per heavy atom. The van der Waals surface area contributed by atoms with E-state index in [0.717, 1.165) is 18.4 Å². The molecule has 0 aromatic carbocycles. The summed E-state index contributed by atoms with van der Waals surface area (Å²) >= 11 is 0. The molecule has 1 N–H and O–H groups in total. The van der Waals surface area contributed by atoms with Gasteiger partial charge in [-0.2, -0.15) is 0 Å². The lowest BCUT2D eigenvalue weighted by Crippen LogP contribution is -1.93. The average molecular weight is 192 g/mol. The molecule has 4 heteroatoms. The first-order chi connectivity index (χ1) is 5.61. The summed E-state index contributed by atoms with van der Waals surface area (Å²) in [7, 11) is -2.76. The summed E-state index contributed by atoms with van der Waals surface area (Å²) < 4.78 is 14.9. The van der Waals surface area contributed by atoms with E-state index in [2.05, 4.69) is 18.4 Å². The van der Waals surface area contributed by atoms with Crippen molar-refractivity contribution in [2.45, 2.75) is 33.6 Å². The molecule has 0 heterocycles. The predicted molar refractivity (Wildman–Crippen MR) is 50.5 cm³/mol. The lowest BCUT2D eigenvalue weighted by atomic mass is 10.1. The minimum Gasteiger partial charge on any atom is -0.326 e. The van der Waals surface area contributed by atoms with Gasteiger partial charge in [-0.15, -0.1) is 0 Å². The van der Waals surface area contributed by atoms with Crippen LogP contribution in [-0.4, -0.2) is 11.5 Å². The highest BCUT2D eigenvalue weighted by atomic mass is 31.1. The molecule has 0 spiro atoms. The second-order valence-corrected chi connectivity index (χ2v) is 3.47. The molecule has 0 rings (SSSR count). The fourth-order valence-corrected chi connectivity index (χ4v) is 1.47. The summed E-state index contributed by atoms with van der Waals surface area (Å²) in [5, 5.41) is 0. The minimum atomic E-state index is -2.76. The molecule has 0 saturated carbocycles. The van der Waals surface area contributed by atoms with Crippen molar-refractivity contribution < 1.29 is 14.0 Å². The van der Waals surface area contributed by atoms with Crippen LogP contribution in [0.1, 0.15) is 33.6 Å². The Kier molecular flexibility index (Phi) is 6.35. The molecule has 0 aliphatic carbocycles. The average Bonchev–Trinajstić information content (AvgIpc) is 2.03. The van der Waals surface area contributed by atoms with Gasteiger partial charge in [0, 0.05) is 0 Å². The topological polar surface area (TPSA) is 46.5 Å². The van der Waals surface area contributed by atoms with E-state index >= 15 is 0 Å². The molecule has 0 aromatic rings. The van der Waals surface area contributed by atoms with Crippen LogP contribution in [0.3, 0.4) is 0 Å². The largest absolute Gasteiger partial charge is 0.326 e. The molecule has 0 bridgehead atoms. The number of allylic oxidation sites excluding steroid dienone is 1. The Hall–Kier alpha value is -0.110. The monoisotopic (exact) mass is 192 g/mol. The Balaban J connectivity index is 4.05. The van der Waals surface area contributed by atoms with Gasteiger partial charge in [-0.1, -0.05) is 19.4 Å². The van der Waals surface area contributed by atoms with E-state index in [0.29, 0.717) is 0 Å². The Labute approximate surface area is 74.4 Å². The van der Waals surface area contributed by atoms with E-state index in [1.54, 1.807) is 0 Å². The molecule has 12 heavy (non-hydrogen) atoms. The first-order valence-electron chi connectivity index (χ1n) is 4.15. The maximum absolute atomic E-state index is 10.2. The van der Waals surface area contributed by atoms with Crippen molar-refractivity contribution in [1.82, 2.24) is 0 Å². The van der Waals surface area contributed by atoms with Gasteiger partial charge in [0.2, 0.25) is 0 Å². The third-order valence-electron chi connectivity index (χ3n) is 1.87. The highest BCUT2D eigenvalue weighted by Crippen LogP contribution is 2.19. The molecular formula is C8H17O3P. The molecule has 72 valence electrons. The zero-order valence-corrected chi connectivity index (χ0v) is 8.89. The highest BCUT2D eigenvalue weighted by molar-refractivity contribution is 7.32. The molecule has 0 amide bonds. The first kappa shape index (κ1) is 11.9. The van der Waals surface area contributed by atoms with Crippen LogP contribution < -0.4 is 0 Å². The van der Waals surface area contributed by atoms with Crippen molar-refractivity contribution in [3.8, 4) is 0 Å². The van der Waals surface area contributed by atoms with Gasteiger partial charge < -0.3 is 9.42 Å². The summed E-state index contributed by atoms with van der Waals surface area (Å²) in [5.74, 6) is 0. The third-order valence-corrected chi connectivity index (χ3v) is 2.26. The van der Waals surface area contributed by atoms with Gasteiger partial charge in [-0.05, 0) is 25.3 Å². The molecule has 0 fully saturated rings. The first-order valence-corrected chi connectivity index (χ1v) is 5.41. The van der Waals surface area contributed by atoms with E-state index in [1.807, 2.05) is 6.92 Å². The van der Waals surface area contributed by atoms with Gasteiger partial charge in [0.15, 0.2) is 0 Å². The summed E-state index contributed by atoms with van der Waals surface area (Å²) in [5.41, 5.74) is 2.38. The van der Waals surface area contributed by atoms with Crippen LogP contribution >= 0.6 is 8.25 Å². The van der Waals surface area contributed by atoms with Gasteiger partial charge in [0.05, 0.1) is 6.61 Å². The van der Waals surface area contributed by atoms with Crippen LogP contribution in [-0.2, 0) is 9.09 Å². The van der Waals surface area contributed by atoms with E-state index in [9.17, 15) is 4.57 Å². The van der Waals surface area contributed by atoms with E-state index in [-0.39, 0.29) is 6.61 Å². The van der Waals surface area contributed by atoms with Gasteiger partial charge in [0.25, 0.3) is 0 Å². The summed E-state index contributed by atoms with van der Waals surface area (Å²) in [6.07, 6.45) is 1.97. The van der Waals surface area contributed by atoms with Crippen molar-refractivity contribution >= 4 is 8.25 Å². The zero-order valence-electron chi connectivity index (χ0n) is 7.89. The van der Waals surface area contributed by atoms with Crippen molar-refractivity contribution in [1.29, 1.82) is 0 Å². The van der Waals surface area contributed by atoms with E-state index in [4.69, 9.17) is 4.89 Å². The normalized spacial score (nSPS) is 12.7. The van der Waals surface area contributed by atoms with Crippen molar-refractivity contribution in [2.24, 2.45) is 0 Å². The Bertz CT molecular complexity index is 181. The van der Waals surface area contributed by atoms with Gasteiger partial charge in [0.1, 0.15) is 0 Å². The van der Waals surface area contributed by atoms with Crippen LogP contribution in [0.25, 0.3) is 0 Å². The van der Waals surface area contributed by atoms with E-state index in [1.165, 1.54) is 5.57 Å².